The minimum absolute atomic E-state index is 0.000277. The number of carbonyl (C=O) groups excluding carboxylic acids is 2. The van der Waals surface area contributed by atoms with E-state index in [1.54, 1.807) is 0 Å². The number of aliphatic hydroxyl groups excluding tert-OH is 3. The number of ketones is 2. The van der Waals surface area contributed by atoms with Gasteiger partial charge in [0.2, 0.25) is 0 Å². The summed E-state index contributed by atoms with van der Waals surface area (Å²) >= 11 is 0. The molecule has 4 fully saturated rings. The number of carbonyl (C=O) groups is 2. The monoisotopic (exact) mass is 348 g/mol. The van der Waals surface area contributed by atoms with Gasteiger partial charge in [0.1, 0.15) is 5.78 Å². The molecule has 5 heteroatoms. The van der Waals surface area contributed by atoms with E-state index in [-0.39, 0.29) is 35.9 Å². The molecule has 0 radical (unpaired) electrons. The van der Waals surface area contributed by atoms with Gasteiger partial charge in [0.25, 0.3) is 0 Å². The molecule has 0 unspecified atom stereocenters. The second-order valence-electron chi connectivity index (χ2n) is 9.42. The molecule has 5 nitrogen and oxygen atoms in total. The van der Waals surface area contributed by atoms with Crippen LogP contribution in [0.5, 0.6) is 0 Å². The summed E-state index contributed by atoms with van der Waals surface area (Å²) in [6, 6.07) is 0. The first-order valence-corrected chi connectivity index (χ1v) is 9.38. The van der Waals surface area contributed by atoms with Crippen LogP contribution in [-0.4, -0.2) is 45.7 Å². The molecule has 4 rings (SSSR count). The van der Waals surface area contributed by atoms with Gasteiger partial charge in [-0.15, -0.1) is 0 Å². The topological polar surface area (TPSA) is 94.8 Å². The molecule has 3 N–H and O–H groups in total. The summed E-state index contributed by atoms with van der Waals surface area (Å²) in [5.41, 5.74) is -2.02. The third-order valence-electron chi connectivity index (χ3n) is 8.36. The van der Waals surface area contributed by atoms with Crippen LogP contribution < -0.4 is 0 Å². The van der Waals surface area contributed by atoms with Gasteiger partial charge in [-0.3, -0.25) is 9.59 Å². The summed E-state index contributed by atoms with van der Waals surface area (Å²) < 4.78 is 0. The maximum atomic E-state index is 13.1. The Morgan fingerprint density at radius 2 is 1.88 bits per heavy atom. The standard InChI is InChI=1S/C20H28O5/c1-10-11-7-12(22)15-19(3)6-4-5-18(2,9-21)13(19)8-14(23)20(15,16(10)24)17(11)25/h11,13-15,17,21,23,25H,1,4-9H2,2-3H3/t11-,13+,14+,15-,17+,18+,19+,20+/m0/s1. The average Bonchev–Trinajstić information content (AvgIpc) is 2.68. The lowest BCUT2D eigenvalue weighted by atomic mass is 9.39. The zero-order chi connectivity index (χ0) is 18.4. The van der Waals surface area contributed by atoms with Crippen molar-refractivity contribution in [3.05, 3.63) is 12.2 Å². The fraction of sp³-hybridized carbons (Fsp3) is 0.800. The molecule has 4 aliphatic carbocycles. The fourth-order valence-electron chi connectivity index (χ4n) is 7.22. The van der Waals surface area contributed by atoms with Crippen LogP contribution in [0.25, 0.3) is 0 Å². The lowest BCUT2D eigenvalue weighted by molar-refractivity contribution is -0.225. The van der Waals surface area contributed by atoms with Crippen LogP contribution in [-0.2, 0) is 9.59 Å². The summed E-state index contributed by atoms with van der Waals surface area (Å²) in [5, 5.41) is 32.1. The lowest BCUT2D eigenvalue weighted by Crippen LogP contribution is -2.69. The maximum Gasteiger partial charge on any atom is 0.170 e. The molecule has 0 heterocycles. The highest BCUT2D eigenvalue weighted by molar-refractivity contribution is 6.09. The third kappa shape index (κ3) is 1.75. The number of rotatable bonds is 1. The van der Waals surface area contributed by atoms with Crippen molar-refractivity contribution < 1.29 is 24.9 Å². The molecule has 0 aromatic heterocycles. The predicted molar refractivity (Wildman–Crippen MR) is 90.5 cm³/mol. The van der Waals surface area contributed by atoms with Gasteiger partial charge in [0.05, 0.1) is 17.6 Å². The quantitative estimate of drug-likeness (QED) is 0.620. The molecule has 0 aromatic rings. The first-order chi connectivity index (χ1) is 11.6. The summed E-state index contributed by atoms with van der Waals surface area (Å²) in [6.45, 7) is 7.89. The summed E-state index contributed by atoms with van der Waals surface area (Å²) in [4.78, 5) is 26.3. The summed E-state index contributed by atoms with van der Waals surface area (Å²) in [7, 11) is 0. The second kappa shape index (κ2) is 5.02. The minimum Gasteiger partial charge on any atom is -0.396 e. The van der Waals surface area contributed by atoms with Crippen molar-refractivity contribution >= 4 is 11.6 Å². The zero-order valence-electron chi connectivity index (χ0n) is 15.0. The van der Waals surface area contributed by atoms with Crippen LogP contribution in [0.3, 0.4) is 0 Å². The molecular formula is C20H28O5. The summed E-state index contributed by atoms with van der Waals surface area (Å²) in [6.07, 6.45) is 0.835. The van der Waals surface area contributed by atoms with E-state index in [1.165, 1.54) is 0 Å². The van der Waals surface area contributed by atoms with Gasteiger partial charge in [-0.05, 0) is 41.6 Å². The van der Waals surface area contributed by atoms with Crippen molar-refractivity contribution in [3.63, 3.8) is 0 Å². The van der Waals surface area contributed by atoms with E-state index >= 15 is 0 Å². The van der Waals surface area contributed by atoms with E-state index in [1.807, 2.05) is 13.8 Å². The molecule has 2 bridgehead atoms. The van der Waals surface area contributed by atoms with Crippen molar-refractivity contribution in [3.8, 4) is 0 Å². The fourth-order valence-corrected chi connectivity index (χ4v) is 7.22. The molecule has 0 aliphatic heterocycles. The van der Waals surface area contributed by atoms with E-state index in [4.69, 9.17) is 0 Å². The largest absolute Gasteiger partial charge is 0.396 e. The van der Waals surface area contributed by atoms with Crippen molar-refractivity contribution in [2.75, 3.05) is 6.61 Å². The van der Waals surface area contributed by atoms with Crippen molar-refractivity contribution in [1.82, 2.24) is 0 Å². The van der Waals surface area contributed by atoms with Gasteiger partial charge in [-0.1, -0.05) is 26.8 Å². The molecule has 4 aliphatic rings. The van der Waals surface area contributed by atoms with E-state index < -0.39 is 34.9 Å². The van der Waals surface area contributed by atoms with Crippen LogP contribution in [0.1, 0.15) is 46.0 Å². The van der Waals surface area contributed by atoms with Gasteiger partial charge < -0.3 is 15.3 Å². The third-order valence-corrected chi connectivity index (χ3v) is 8.36. The van der Waals surface area contributed by atoms with Crippen LogP contribution in [0.4, 0.5) is 0 Å². The first kappa shape index (κ1) is 17.4. The Morgan fingerprint density at radius 1 is 1.20 bits per heavy atom. The lowest BCUT2D eigenvalue weighted by Gasteiger charge is -2.64. The molecule has 4 saturated carbocycles. The Morgan fingerprint density at radius 3 is 2.52 bits per heavy atom. The molecule has 1 spiro atoms. The van der Waals surface area contributed by atoms with E-state index in [9.17, 15) is 24.9 Å². The molecule has 8 atom stereocenters. The average molecular weight is 348 g/mol. The predicted octanol–water partition coefficient (Wildman–Crippen LogP) is 1.25. The van der Waals surface area contributed by atoms with E-state index in [0.29, 0.717) is 12.0 Å². The number of hydrogen-bond donors (Lipinski definition) is 3. The van der Waals surface area contributed by atoms with Gasteiger partial charge in [-0.25, -0.2) is 0 Å². The minimum atomic E-state index is -1.43. The van der Waals surface area contributed by atoms with Crippen molar-refractivity contribution in [1.29, 1.82) is 0 Å². The van der Waals surface area contributed by atoms with Crippen molar-refractivity contribution in [2.24, 2.45) is 34.0 Å². The molecule has 25 heavy (non-hydrogen) atoms. The SMILES string of the molecule is C=C1C(=O)[C@@]23[C@H](O)C[C@@H]4[C@@](C)(CO)CCC[C@@]4(C)[C@@H]2C(=O)C[C@@H]1[C@H]3O. The highest BCUT2D eigenvalue weighted by Crippen LogP contribution is 2.70. The van der Waals surface area contributed by atoms with Gasteiger partial charge in [0.15, 0.2) is 5.78 Å². The normalized spacial score (nSPS) is 55.1. The number of Topliss-reactive ketones (excluding diaryl/α,β-unsaturated/α-hetero) is 2. The molecular weight excluding hydrogens is 320 g/mol. The first-order valence-electron chi connectivity index (χ1n) is 9.38. The Kier molecular flexibility index (Phi) is 3.49. The van der Waals surface area contributed by atoms with Crippen LogP contribution >= 0.6 is 0 Å². The van der Waals surface area contributed by atoms with Gasteiger partial charge in [-0.2, -0.15) is 0 Å². The number of fused-ring (bicyclic) bond motifs is 3. The highest BCUT2D eigenvalue weighted by Gasteiger charge is 2.76. The Hall–Kier alpha value is -1.04. The van der Waals surface area contributed by atoms with Crippen molar-refractivity contribution in [2.45, 2.75) is 58.2 Å². The van der Waals surface area contributed by atoms with E-state index in [0.717, 1.165) is 19.3 Å². The van der Waals surface area contributed by atoms with Crippen LogP contribution in [0.15, 0.2) is 12.2 Å². The second-order valence-corrected chi connectivity index (χ2v) is 9.42. The Labute approximate surface area is 148 Å². The number of hydrogen-bond acceptors (Lipinski definition) is 5. The van der Waals surface area contributed by atoms with Gasteiger partial charge >= 0.3 is 0 Å². The molecule has 0 amide bonds. The number of aliphatic hydroxyl groups is 3. The Bertz CT molecular complexity index is 671. The Balaban J connectivity index is 1.92. The summed E-state index contributed by atoms with van der Waals surface area (Å²) in [5.74, 6) is -1.66. The smallest absolute Gasteiger partial charge is 0.170 e. The molecule has 0 aromatic carbocycles. The van der Waals surface area contributed by atoms with Gasteiger partial charge in [0, 0.05) is 24.9 Å². The molecule has 0 saturated heterocycles. The van der Waals surface area contributed by atoms with E-state index in [2.05, 4.69) is 6.58 Å². The highest BCUT2D eigenvalue weighted by atomic mass is 16.3. The molecule has 138 valence electrons. The van der Waals surface area contributed by atoms with Crippen LogP contribution in [0, 0.1) is 34.0 Å². The zero-order valence-corrected chi connectivity index (χ0v) is 15.0. The van der Waals surface area contributed by atoms with Crippen LogP contribution in [0.2, 0.25) is 0 Å². The maximum absolute atomic E-state index is 13.1.